The molecule has 3 N–H and O–H groups in total. The van der Waals surface area contributed by atoms with E-state index in [1.54, 1.807) is 41.5 Å². The molecule has 0 aromatic rings. The van der Waals surface area contributed by atoms with Crippen LogP contribution < -0.4 is 10.6 Å². The maximum Gasteiger partial charge on any atom is 0.407 e. The topological polar surface area (TPSA) is 114 Å². The van der Waals surface area contributed by atoms with Crippen LogP contribution in [0.2, 0.25) is 0 Å². The Morgan fingerprint density at radius 3 is 1.82 bits per heavy atom. The van der Waals surface area contributed by atoms with Crippen molar-refractivity contribution in [3.63, 3.8) is 0 Å². The van der Waals surface area contributed by atoms with E-state index in [2.05, 4.69) is 10.6 Å². The Kier molecular flexibility index (Phi) is 7.15. The van der Waals surface area contributed by atoms with Crippen molar-refractivity contribution in [2.24, 2.45) is 0 Å². The molecule has 0 aromatic heterocycles. The van der Waals surface area contributed by atoms with Gasteiger partial charge < -0.3 is 25.2 Å². The van der Waals surface area contributed by atoms with Crippen LogP contribution in [0.1, 0.15) is 48.0 Å². The van der Waals surface area contributed by atoms with Gasteiger partial charge in [-0.05, 0) is 41.5 Å². The Bertz CT molecular complexity index is 409. The van der Waals surface area contributed by atoms with E-state index >= 15 is 0 Å². The Hall–Kier alpha value is -1.99. The van der Waals surface area contributed by atoms with Gasteiger partial charge in [-0.2, -0.15) is 0 Å². The van der Waals surface area contributed by atoms with Crippen LogP contribution in [0.4, 0.5) is 9.59 Å². The lowest BCUT2D eigenvalue weighted by Gasteiger charge is -2.24. The average Bonchev–Trinajstić information content (AvgIpc) is 2.19. The molecule has 0 unspecified atom stereocenters. The highest BCUT2D eigenvalue weighted by Gasteiger charge is 2.23. The van der Waals surface area contributed by atoms with Crippen LogP contribution in [0.5, 0.6) is 0 Å². The van der Waals surface area contributed by atoms with Crippen molar-refractivity contribution < 1.29 is 29.0 Å². The van der Waals surface area contributed by atoms with Gasteiger partial charge in [0, 0.05) is 6.54 Å². The first kappa shape index (κ1) is 20.0. The van der Waals surface area contributed by atoms with Gasteiger partial charge in [-0.15, -0.1) is 0 Å². The summed E-state index contributed by atoms with van der Waals surface area (Å²) >= 11 is 0. The van der Waals surface area contributed by atoms with Crippen molar-refractivity contribution in [3.05, 3.63) is 0 Å². The first-order chi connectivity index (χ1) is 9.78. The molecule has 0 aliphatic heterocycles. The Balaban J connectivity index is 4.50. The van der Waals surface area contributed by atoms with Crippen molar-refractivity contribution >= 4 is 18.2 Å². The molecule has 0 saturated heterocycles. The number of carboxylic acids is 1. The van der Waals surface area contributed by atoms with Gasteiger partial charge >= 0.3 is 18.2 Å². The third kappa shape index (κ3) is 11.8. The smallest absolute Gasteiger partial charge is 0.407 e. The minimum atomic E-state index is -1.10. The number of rotatable bonds is 5. The normalized spacial score (nSPS) is 13.0. The molecule has 0 heterocycles. The molecule has 0 fully saturated rings. The van der Waals surface area contributed by atoms with Crippen LogP contribution in [0.15, 0.2) is 0 Å². The second kappa shape index (κ2) is 7.86. The predicted octanol–water partition coefficient (Wildman–Crippen LogP) is 1.88. The summed E-state index contributed by atoms with van der Waals surface area (Å²) in [6, 6.07) is -0.806. The predicted molar refractivity (Wildman–Crippen MR) is 79.6 cm³/mol. The summed E-state index contributed by atoms with van der Waals surface area (Å²) in [5.74, 6) is -1.10. The first-order valence-electron chi connectivity index (χ1n) is 6.96. The van der Waals surface area contributed by atoms with E-state index in [4.69, 9.17) is 14.6 Å². The molecule has 2 amide bonds. The molecule has 8 heteroatoms. The molecule has 128 valence electrons. The van der Waals surface area contributed by atoms with E-state index in [1.165, 1.54) is 0 Å². The summed E-state index contributed by atoms with van der Waals surface area (Å²) < 4.78 is 10.1. The zero-order chi connectivity index (χ0) is 17.6. The standard InChI is InChI=1S/C14H26N2O6/c1-13(2,3)21-11(19)15-8-9(7-10(17)18)16-12(20)22-14(4,5)6/h9H,7-8H2,1-6H3,(H,15,19)(H,16,20)(H,17,18)/t9-/m1/s1. The molecule has 0 bridgehead atoms. The lowest BCUT2D eigenvalue weighted by Crippen LogP contribution is -2.47. The fourth-order valence-electron chi connectivity index (χ4n) is 1.38. The molecule has 0 radical (unpaired) electrons. The fourth-order valence-corrected chi connectivity index (χ4v) is 1.38. The number of hydrogen-bond donors (Lipinski definition) is 3. The van der Waals surface area contributed by atoms with Gasteiger partial charge in [0.05, 0.1) is 12.5 Å². The number of carbonyl (C=O) groups excluding carboxylic acids is 2. The zero-order valence-corrected chi connectivity index (χ0v) is 14.0. The highest BCUT2D eigenvalue weighted by Crippen LogP contribution is 2.08. The highest BCUT2D eigenvalue weighted by atomic mass is 16.6. The molecular formula is C14H26N2O6. The summed E-state index contributed by atoms with van der Waals surface area (Å²) in [6.07, 6.45) is -1.78. The number of nitrogens with one attached hydrogen (secondary N) is 2. The molecule has 0 aliphatic carbocycles. The van der Waals surface area contributed by atoms with Crippen molar-refractivity contribution in [2.45, 2.75) is 65.2 Å². The fraction of sp³-hybridized carbons (Fsp3) is 0.786. The molecule has 0 spiro atoms. The number of hydrogen-bond acceptors (Lipinski definition) is 5. The second-order valence-electron chi connectivity index (χ2n) is 6.82. The minimum Gasteiger partial charge on any atom is -0.481 e. The van der Waals surface area contributed by atoms with E-state index < -0.39 is 35.4 Å². The van der Waals surface area contributed by atoms with Crippen LogP contribution in [0, 0.1) is 0 Å². The summed E-state index contributed by atoms with van der Waals surface area (Å²) in [5.41, 5.74) is -1.36. The summed E-state index contributed by atoms with van der Waals surface area (Å²) in [5, 5.41) is 13.7. The van der Waals surface area contributed by atoms with Gasteiger partial charge in [-0.3, -0.25) is 4.79 Å². The SMILES string of the molecule is CC(C)(C)OC(=O)NC[C@@H](CC(=O)O)NC(=O)OC(C)(C)C. The lowest BCUT2D eigenvalue weighted by molar-refractivity contribution is -0.137. The number of carbonyl (C=O) groups is 3. The summed E-state index contributed by atoms with van der Waals surface area (Å²) in [4.78, 5) is 34.0. The van der Waals surface area contributed by atoms with E-state index in [-0.39, 0.29) is 13.0 Å². The van der Waals surface area contributed by atoms with Crippen molar-refractivity contribution in [3.8, 4) is 0 Å². The number of amides is 2. The molecule has 0 saturated carbocycles. The monoisotopic (exact) mass is 318 g/mol. The van der Waals surface area contributed by atoms with Crippen LogP contribution in [0.25, 0.3) is 0 Å². The van der Waals surface area contributed by atoms with Crippen molar-refractivity contribution in [2.75, 3.05) is 6.54 Å². The van der Waals surface area contributed by atoms with E-state index in [9.17, 15) is 14.4 Å². The molecule has 0 aromatic carbocycles. The Morgan fingerprint density at radius 1 is 0.955 bits per heavy atom. The van der Waals surface area contributed by atoms with E-state index in [0.717, 1.165) is 0 Å². The number of alkyl carbamates (subject to hydrolysis) is 2. The summed E-state index contributed by atoms with van der Waals surface area (Å²) in [7, 11) is 0. The third-order valence-corrected chi connectivity index (χ3v) is 2.03. The van der Waals surface area contributed by atoms with Gasteiger partial charge in [-0.1, -0.05) is 0 Å². The van der Waals surface area contributed by atoms with Gasteiger partial charge in [0.25, 0.3) is 0 Å². The molecule has 0 aliphatic rings. The Morgan fingerprint density at radius 2 is 1.41 bits per heavy atom. The van der Waals surface area contributed by atoms with Crippen molar-refractivity contribution in [1.29, 1.82) is 0 Å². The molecule has 8 nitrogen and oxygen atoms in total. The molecule has 1 atom stereocenters. The Labute approximate surface area is 130 Å². The lowest BCUT2D eigenvalue weighted by atomic mass is 10.2. The van der Waals surface area contributed by atoms with Gasteiger partial charge in [0.15, 0.2) is 0 Å². The largest absolute Gasteiger partial charge is 0.481 e. The number of ether oxygens (including phenoxy) is 2. The van der Waals surface area contributed by atoms with Gasteiger partial charge in [0.1, 0.15) is 11.2 Å². The van der Waals surface area contributed by atoms with E-state index in [0.29, 0.717) is 0 Å². The number of aliphatic carboxylic acids is 1. The molecule has 22 heavy (non-hydrogen) atoms. The van der Waals surface area contributed by atoms with Gasteiger partial charge in [0.2, 0.25) is 0 Å². The van der Waals surface area contributed by atoms with Gasteiger partial charge in [-0.25, -0.2) is 9.59 Å². The second-order valence-corrected chi connectivity index (χ2v) is 6.82. The maximum absolute atomic E-state index is 11.7. The average molecular weight is 318 g/mol. The van der Waals surface area contributed by atoms with Crippen LogP contribution >= 0.6 is 0 Å². The van der Waals surface area contributed by atoms with Crippen LogP contribution in [-0.2, 0) is 14.3 Å². The zero-order valence-electron chi connectivity index (χ0n) is 14.0. The van der Waals surface area contributed by atoms with E-state index in [1.807, 2.05) is 0 Å². The summed E-state index contributed by atoms with van der Waals surface area (Å²) in [6.45, 7) is 10.1. The third-order valence-electron chi connectivity index (χ3n) is 2.03. The molecular weight excluding hydrogens is 292 g/mol. The highest BCUT2D eigenvalue weighted by molar-refractivity contribution is 5.72. The quantitative estimate of drug-likeness (QED) is 0.713. The molecule has 0 rings (SSSR count). The van der Waals surface area contributed by atoms with Crippen LogP contribution in [0.3, 0.4) is 0 Å². The minimum absolute atomic E-state index is 0.0829. The first-order valence-corrected chi connectivity index (χ1v) is 6.96. The maximum atomic E-state index is 11.7. The van der Waals surface area contributed by atoms with Crippen LogP contribution in [-0.4, -0.2) is 47.1 Å². The van der Waals surface area contributed by atoms with Crippen molar-refractivity contribution in [1.82, 2.24) is 10.6 Å². The number of carboxylic acid groups (broad SMARTS) is 1.